The number of furan rings is 1. The van der Waals surface area contributed by atoms with Gasteiger partial charge in [-0.2, -0.15) is 0 Å². The molecule has 0 aromatic carbocycles. The number of fused-ring (bicyclic) bond motifs is 2. The van der Waals surface area contributed by atoms with Crippen LogP contribution in [0, 0.1) is 17.8 Å². The highest BCUT2D eigenvalue weighted by molar-refractivity contribution is 5.22. The second-order valence-electron chi connectivity index (χ2n) is 6.43. The molecule has 2 nitrogen and oxygen atoms in total. The Morgan fingerprint density at radius 1 is 1.32 bits per heavy atom. The molecule has 3 rings (SSSR count). The first kappa shape index (κ1) is 13.2. The molecule has 0 aliphatic heterocycles. The lowest BCUT2D eigenvalue weighted by Crippen LogP contribution is -2.25. The lowest BCUT2D eigenvalue weighted by atomic mass is 9.82. The first-order valence-corrected chi connectivity index (χ1v) is 8.11. The quantitative estimate of drug-likeness (QED) is 0.825. The monoisotopic (exact) mass is 261 g/mol. The van der Waals surface area contributed by atoms with Crippen LogP contribution in [0.25, 0.3) is 0 Å². The summed E-state index contributed by atoms with van der Waals surface area (Å²) in [5.74, 6) is 4.19. The standard InChI is InChI=1S/C17H27NO/c1-3-17-15(7-8-19-17)16(18-4-2)11-14-10-12-5-6-13(14)9-12/h7-8,12-14,16,18H,3-6,9-11H2,1-2H3. The summed E-state index contributed by atoms with van der Waals surface area (Å²) in [6.07, 6.45) is 10.1. The van der Waals surface area contributed by atoms with E-state index in [9.17, 15) is 0 Å². The van der Waals surface area contributed by atoms with Gasteiger partial charge in [-0.15, -0.1) is 0 Å². The average molecular weight is 261 g/mol. The van der Waals surface area contributed by atoms with E-state index in [2.05, 4.69) is 25.2 Å². The fourth-order valence-electron chi connectivity index (χ4n) is 4.48. The summed E-state index contributed by atoms with van der Waals surface area (Å²) in [4.78, 5) is 0. The lowest BCUT2D eigenvalue weighted by molar-refractivity contribution is 0.279. The predicted molar refractivity (Wildman–Crippen MR) is 78.1 cm³/mol. The van der Waals surface area contributed by atoms with Crippen molar-refractivity contribution in [3.05, 3.63) is 23.7 Å². The minimum absolute atomic E-state index is 0.503. The molecule has 2 aliphatic carbocycles. The summed E-state index contributed by atoms with van der Waals surface area (Å²) in [6, 6.07) is 2.68. The molecule has 1 aromatic rings. The molecular formula is C17H27NO. The first-order valence-electron chi connectivity index (χ1n) is 8.11. The molecule has 2 saturated carbocycles. The topological polar surface area (TPSA) is 25.2 Å². The van der Waals surface area contributed by atoms with Crippen LogP contribution in [0.3, 0.4) is 0 Å². The van der Waals surface area contributed by atoms with Gasteiger partial charge in [0.2, 0.25) is 0 Å². The fourth-order valence-corrected chi connectivity index (χ4v) is 4.48. The molecule has 1 aromatic heterocycles. The van der Waals surface area contributed by atoms with Crippen LogP contribution in [0.5, 0.6) is 0 Å². The molecule has 2 bridgehead atoms. The van der Waals surface area contributed by atoms with E-state index in [0.717, 1.165) is 30.7 Å². The molecule has 0 saturated heterocycles. The molecule has 4 unspecified atom stereocenters. The second kappa shape index (κ2) is 5.70. The minimum Gasteiger partial charge on any atom is -0.469 e. The summed E-state index contributed by atoms with van der Waals surface area (Å²) < 4.78 is 5.63. The highest BCUT2D eigenvalue weighted by Crippen LogP contribution is 2.51. The second-order valence-corrected chi connectivity index (χ2v) is 6.43. The summed E-state index contributed by atoms with van der Waals surface area (Å²) in [5, 5.41) is 3.69. The molecule has 0 spiro atoms. The van der Waals surface area contributed by atoms with Crippen molar-refractivity contribution in [2.75, 3.05) is 6.54 Å². The normalized spacial score (nSPS) is 30.9. The zero-order chi connectivity index (χ0) is 13.2. The molecule has 0 amide bonds. The molecule has 4 atom stereocenters. The summed E-state index contributed by atoms with van der Waals surface area (Å²) in [7, 11) is 0. The van der Waals surface area contributed by atoms with E-state index in [1.165, 1.54) is 43.4 Å². The smallest absolute Gasteiger partial charge is 0.108 e. The Labute approximate surface area is 117 Å². The van der Waals surface area contributed by atoms with Crippen LogP contribution in [0.4, 0.5) is 0 Å². The van der Waals surface area contributed by atoms with Crippen molar-refractivity contribution in [1.29, 1.82) is 0 Å². The van der Waals surface area contributed by atoms with Gasteiger partial charge < -0.3 is 9.73 Å². The Kier molecular flexibility index (Phi) is 3.97. The number of hydrogen-bond donors (Lipinski definition) is 1. The molecule has 2 aliphatic rings. The van der Waals surface area contributed by atoms with Crippen LogP contribution in [-0.2, 0) is 6.42 Å². The van der Waals surface area contributed by atoms with Gasteiger partial charge >= 0.3 is 0 Å². The third kappa shape index (κ3) is 2.60. The van der Waals surface area contributed by atoms with Crippen LogP contribution in [-0.4, -0.2) is 6.54 Å². The van der Waals surface area contributed by atoms with Crippen LogP contribution in [0.2, 0.25) is 0 Å². The summed E-state index contributed by atoms with van der Waals surface area (Å²) in [5.41, 5.74) is 1.41. The van der Waals surface area contributed by atoms with E-state index in [0.29, 0.717) is 6.04 Å². The van der Waals surface area contributed by atoms with E-state index in [4.69, 9.17) is 4.42 Å². The van der Waals surface area contributed by atoms with Gasteiger partial charge in [-0.1, -0.05) is 20.3 Å². The number of aryl methyl sites for hydroxylation is 1. The van der Waals surface area contributed by atoms with Crippen molar-refractivity contribution in [3.63, 3.8) is 0 Å². The molecule has 106 valence electrons. The highest BCUT2D eigenvalue weighted by atomic mass is 16.3. The Hall–Kier alpha value is -0.760. The molecular weight excluding hydrogens is 234 g/mol. The zero-order valence-corrected chi connectivity index (χ0v) is 12.3. The third-order valence-electron chi connectivity index (χ3n) is 5.35. The van der Waals surface area contributed by atoms with Gasteiger partial charge in [-0.25, -0.2) is 0 Å². The van der Waals surface area contributed by atoms with Gasteiger partial charge in [0, 0.05) is 18.0 Å². The van der Waals surface area contributed by atoms with E-state index in [1.54, 1.807) is 0 Å². The van der Waals surface area contributed by atoms with Gasteiger partial charge in [0.15, 0.2) is 0 Å². The molecule has 2 heteroatoms. The Morgan fingerprint density at radius 2 is 2.21 bits per heavy atom. The average Bonchev–Trinajstić information content (AvgIpc) is 3.13. The van der Waals surface area contributed by atoms with Crippen molar-refractivity contribution >= 4 is 0 Å². The van der Waals surface area contributed by atoms with E-state index in [-0.39, 0.29) is 0 Å². The van der Waals surface area contributed by atoms with Gasteiger partial charge in [0.1, 0.15) is 5.76 Å². The number of hydrogen-bond acceptors (Lipinski definition) is 2. The predicted octanol–water partition coefficient (Wildman–Crippen LogP) is 4.32. The van der Waals surface area contributed by atoms with Crippen LogP contribution >= 0.6 is 0 Å². The molecule has 1 heterocycles. The number of nitrogens with one attached hydrogen (secondary N) is 1. The van der Waals surface area contributed by atoms with Gasteiger partial charge in [-0.05, 0) is 56.0 Å². The molecule has 19 heavy (non-hydrogen) atoms. The summed E-state index contributed by atoms with van der Waals surface area (Å²) in [6.45, 7) is 5.43. The SMILES string of the molecule is CCNC(CC1CC2CCC1C2)c1ccoc1CC. The van der Waals surface area contributed by atoms with Crippen LogP contribution in [0.15, 0.2) is 16.7 Å². The maximum absolute atomic E-state index is 5.63. The van der Waals surface area contributed by atoms with Crippen LogP contribution in [0.1, 0.15) is 63.3 Å². The zero-order valence-electron chi connectivity index (χ0n) is 12.3. The Bertz CT molecular complexity index is 411. The molecule has 0 radical (unpaired) electrons. The van der Waals surface area contributed by atoms with E-state index < -0.39 is 0 Å². The minimum atomic E-state index is 0.503. The summed E-state index contributed by atoms with van der Waals surface area (Å²) >= 11 is 0. The lowest BCUT2D eigenvalue weighted by Gasteiger charge is -2.27. The van der Waals surface area contributed by atoms with Crippen molar-refractivity contribution < 1.29 is 4.42 Å². The Balaban J connectivity index is 1.70. The molecule has 2 fully saturated rings. The van der Waals surface area contributed by atoms with Crippen molar-refractivity contribution in [2.45, 2.75) is 58.4 Å². The maximum atomic E-state index is 5.63. The maximum Gasteiger partial charge on any atom is 0.108 e. The van der Waals surface area contributed by atoms with Crippen molar-refractivity contribution in [2.24, 2.45) is 17.8 Å². The van der Waals surface area contributed by atoms with Gasteiger partial charge in [0.25, 0.3) is 0 Å². The van der Waals surface area contributed by atoms with Gasteiger partial charge in [-0.3, -0.25) is 0 Å². The van der Waals surface area contributed by atoms with Crippen molar-refractivity contribution in [3.8, 4) is 0 Å². The fraction of sp³-hybridized carbons (Fsp3) is 0.765. The first-order chi connectivity index (χ1) is 9.31. The van der Waals surface area contributed by atoms with E-state index in [1.807, 2.05) is 6.26 Å². The van der Waals surface area contributed by atoms with Crippen molar-refractivity contribution in [1.82, 2.24) is 5.32 Å². The Morgan fingerprint density at radius 3 is 2.84 bits per heavy atom. The molecule has 1 N–H and O–H groups in total. The highest BCUT2D eigenvalue weighted by Gasteiger charge is 2.40. The van der Waals surface area contributed by atoms with Gasteiger partial charge in [0.05, 0.1) is 6.26 Å². The largest absolute Gasteiger partial charge is 0.469 e. The number of rotatable bonds is 6. The van der Waals surface area contributed by atoms with E-state index >= 15 is 0 Å². The van der Waals surface area contributed by atoms with Crippen LogP contribution < -0.4 is 5.32 Å². The third-order valence-corrected chi connectivity index (χ3v) is 5.35.